The van der Waals surface area contributed by atoms with E-state index in [1.165, 1.54) is 12.4 Å². The Morgan fingerprint density at radius 2 is 1.55 bits per heavy atom. The van der Waals surface area contributed by atoms with Crippen molar-refractivity contribution in [1.82, 2.24) is 9.97 Å². The summed E-state index contributed by atoms with van der Waals surface area (Å²) >= 11 is 11.8. The molecule has 2 N–H and O–H groups in total. The van der Waals surface area contributed by atoms with Gasteiger partial charge in [-0.2, -0.15) is 15.2 Å². The maximum atomic E-state index is 11.2. The first-order valence-electron chi connectivity index (χ1n) is 8.12. The van der Waals surface area contributed by atoms with E-state index in [1.807, 2.05) is 6.07 Å². The van der Waals surface area contributed by atoms with Crippen LogP contribution in [0.25, 0.3) is 0 Å². The Morgan fingerprint density at radius 1 is 0.966 bits per heavy atom. The Labute approximate surface area is 175 Å². The minimum atomic E-state index is -0.615. The summed E-state index contributed by atoms with van der Waals surface area (Å²) in [7, 11) is 0. The van der Waals surface area contributed by atoms with E-state index < -0.39 is 4.92 Å². The molecule has 1 heterocycles. The van der Waals surface area contributed by atoms with Crippen LogP contribution in [0.4, 0.5) is 17.5 Å². The third-order valence-electron chi connectivity index (χ3n) is 3.43. The lowest BCUT2D eigenvalue weighted by atomic mass is 10.2. The van der Waals surface area contributed by atoms with E-state index in [0.29, 0.717) is 15.6 Å². The number of benzene rings is 2. The second kappa shape index (κ2) is 9.58. The molecule has 0 saturated carbocycles. The number of anilines is 2. The van der Waals surface area contributed by atoms with Crippen LogP contribution in [0.15, 0.2) is 64.9 Å². The molecule has 0 bridgehead atoms. The summed E-state index contributed by atoms with van der Waals surface area (Å²) in [6, 6.07) is 14.0. The lowest BCUT2D eigenvalue weighted by molar-refractivity contribution is -0.384. The molecule has 1 aromatic heterocycles. The number of aromatic nitrogens is 2. The first kappa shape index (κ1) is 20.2. The molecule has 0 unspecified atom stereocenters. The number of hydrogen-bond donors (Lipinski definition) is 2. The second-order valence-corrected chi connectivity index (χ2v) is 6.41. The molecule has 0 saturated heterocycles. The number of nitrogens with zero attached hydrogens (tertiary/aromatic N) is 5. The minimum Gasteiger partial charge on any atom is -0.258 e. The molecule has 3 rings (SSSR count). The van der Waals surface area contributed by atoms with E-state index in [9.17, 15) is 10.1 Å². The third-order valence-corrected chi connectivity index (χ3v) is 3.90. The van der Waals surface area contributed by atoms with Gasteiger partial charge in [-0.05, 0) is 35.4 Å². The highest BCUT2D eigenvalue weighted by atomic mass is 35.5. The van der Waals surface area contributed by atoms with Crippen molar-refractivity contribution < 1.29 is 4.92 Å². The Kier molecular flexibility index (Phi) is 6.67. The largest absolute Gasteiger partial charge is 0.331 e. The van der Waals surface area contributed by atoms with Gasteiger partial charge >= 0.3 is 5.69 Å². The predicted molar refractivity (Wildman–Crippen MR) is 114 cm³/mol. The first-order valence-corrected chi connectivity index (χ1v) is 8.87. The van der Waals surface area contributed by atoms with Gasteiger partial charge in [-0.15, -0.1) is 0 Å². The molecule has 2 aromatic carbocycles. The van der Waals surface area contributed by atoms with Gasteiger partial charge in [0.25, 0.3) is 0 Å². The lowest BCUT2D eigenvalue weighted by Crippen LogP contribution is -2.04. The molecule has 0 aliphatic carbocycles. The minimum absolute atomic E-state index is 0.0503. The Morgan fingerprint density at radius 3 is 2.10 bits per heavy atom. The Hall–Kier alpha value is -3.56. The van der Waals surface area contributed by atoms with Gasteiger partial charge in [0.05, 0.1) is 17.4 Å². The zero-order valence-corrected chi connectivity index (χ0v) is 16.2. The Balaban J connectivity index is 1.74. The number of halogens is 2. The van der Waals surface area contributed by atoms with Crippen molar-refractivity contribution in [2.24, 2.45) is 10.2 Å². The van der Waals surface area contributed by atoms with Crippen LogP contribution in [0.5, 0.6) is 0 Å². The van der Waals surface area contributed by atoms with Crippen LogP contribution in [0, 0.1) is 10.1 Å². The van der Waals surface area contributed by atoms with Gasteiger partial charge in [0.2, 0.25) is 11.8 Å². The van der Waals surface area contributed by atoms with Crippen LogP contribution in [0.3, 0.4) is 0 Å². The predicted octanol–water partition coefficient (Wildman–Crippen LogP) is 4.58. The van der Waals surface area contributed by atoms with Crippen molar-refractivity contribution >= 4 is 53.1 Å². The molecule has 0 aliphatic rings. The van der Waals surface area contributed by atoms with Gasteiger partial charge in [-0.3, -0.25) is 15.5 Å². The van der Waals surface area contributed by atoms with Crippen molar-refractivity contribution in [2.45, 2.75) is 0 Å². The number of hydrazone groups is 2. The van der Waals surface area contributed by atoms with Crippen molar-refractivity contribution in [3.8, 4) is 0 Å². The van der Waals surface area contributed by atoms with Crippen molar-refractivity contribution in [1.29, 1.82) is 0 Å². The van der Waals surface area contributed by atoms with Gasteiger partial charge in [0, 0.05) is 10.0 Å². The molecule has 0 radical (unpaired) electrons. The van der Waals surface area contributed by atoms with Crippen LogP contribution < -0.4 is 10.9 Å². The van der Waals surface area contributed by atoms with Crippen molar-refractivity contribution in [2.75, 3.05) is 10.9 Å². The molecule has 0 fully saturated rings. The fourth-order valence-electron chi connectivity index (χ4n) is 2.15. The summed E-state index contributed by atoms with van der Waals surface area (Å²) in [5.41, 5.74) is 6.29. The Bertz CT molecular complexity index is 1090. The molecule has 9 nitrogen and oxygen atoms in total. The maximum Gasteiger partial charge on any atom is 0.331 e. The zero-order chi connectivity index (χ0) is 20.6. The SMILES string of the molecule is O=[N+]([O-])c1cnc(N/N=C/c2cccc(Cl)c2)nc1NN=Cc1cccc(Cl)c1. The summed E-state index contributed by atoms with van der Waals surface area (Å²) in [6.07, 6.45) is 4.03. The van der Waals surface area contributed by atoms with Crippen LogP contribution in [-0.2, 0) is 0 Å². The van der Waals surface area contributed by atoms with Gasteiger partial charge < -0.3 is 0 Å². The fraction of sp³-hybridized carbons (Fsp3) is 0. The summed E-state index contributed by atoms with van der Waals surface area (Å²) < 4.78 is 0. The standard InChI is InChI=1S/C18H13Cl2N7O2/c19-14-5-1-3-12(7-14)9-22-25-17-16(27(28)29)11-21-18(24-17)26-23-10-13-4-2-6-15(20)8-13/h1-11H,(H2,21,24,25,26)/b22-9?,23-10+. The molecule has 0 atom stereocenters. The smallest absolute Gasteiger partial charge is 0.258 e. The molecular formula is C18H13Cl2N7O2. The van der Waals surface area contributed by atoms with E-state index in [4.69, 9.17) is 23.2 Å². The first-order chi connectivity index (χ1) is 14.0. The van der Waals surface area contributed by atoms with Crippen LogP contribution in [0.1, 0.15) is 11.1 Å². The van der Waals surface area contributed by atoms with Crippen molar-refractivity contribution in [3.05, 3.63) is 86.0 Å². The monoisotopic (exact) mass is 429 g/mol. The number of hydrogen-bond acceptors (Lipinski definition) is 8. The summed E-state index contributed by atoms with van der Waals surface area (Å²) in [4.78, 5) is 18.5. The zero-order valence-electron chi connectivity index (χ0n) is 14.7. The second-order valence-electron chi connectivity index (χ2n) is 5.53. The number of rotatable bonds is 7. The molecule has 0 spiro atoms. The summed E-state index contributed by atoms with van der Waals surface area (Å²) in [5, 5.41) is 20.3. The van der Waals surface area contributed by atoms with Crippen molar-refractivity contribution in [3.63, 3.8) is 0 Å². The maximum absolute atomic E-state index is 11.2. The van der Waals surface area contributed by atoms with E-state index >= 15 is 0 Å². The van der Waals surface area contributed by atoms with Gasteiger partial charge in [0.15, 0.2) is 0 Å². The third kappa shape index (κ3) is 5.96. The number of nitro groups is 1. The molecule has 29 heavy (non-hydrogen) atoms. The fourth-order valence-corrected chi connectivity index (χ4v) is 2.55. The molecular weight excluding hydrogens is 417 g/mol. The molecule has 0 aliphatic heterocycles. The van der Waals surface area contributed by atoms with E-state index in [2.05, 4.69) is 31.0 Å². The molecule has 146 valence electrons. The van der Waals surface area contributed by atoms with Crippen LogP contribution >= 0.6 is 23.2 Å². The lowest BCUT2D eigenvalue weighted by Gasteiger charge is -2.03. The average Bonchev–Trinajstić information content (AvgIpc) is 2.68. The highest BCUT2D eigenvalue weighted by Gasteiger charge is 2.16. The molecule has 0 amide bonds. The van der Waals surface area contributed by atoms with Gasteiger partial charge in [-0.25, -0.2) is 10.4 Å². The number of nitrogens with one attached hydrogen (secondary N) is 2. The van der Waals surface area contributed by atoms with Gasteiger partial charge in [0.1, 0.15) is 6.20 Å². The summed E-state index contributed by atoms with van der Waals surface area (Å²) in [5.74, 6) is -0.0435. The quantitative estimate of drug-likeness (QED) is 0.322. The summed E-state index contributed by atoms with van der Waals surface area (Å²) in [6.45, 7) is 0. The van der Waals surface area contributed by atoms with Crippen LogP contribution in [-0.4, -0.2) is 27.3 Å². The van der Waals surface area contributed by atoms with E-state index in [-0.39, 0.29) is 17.5 Å². The highest BCUT2D eigenvalue weighted by Crippen LogP contribution is 2.22. The average molecular weight is 430 g/mol. The molecule has 11 heteroatoms. The van der Waals surface area contributed by atoms with Gasteiger partial charge in [-0.1, -0.05) is 47.5 Å². The van der Waals surface area contributed by atoms with E-state index in [1.54, 1.807) is 42.5 Å². The molecule has 3 aromatic rings. The normalized spacial score (nSPS) is 11.1. The van der Waals surface area contributed by atoms with E-state index in [0.717, 1.165) is 11.8 Å². The highest BCUT2D eigenvalue weighted by molar-refractivity contribution is 6.31. The van der Waals surface area contributed by atoms with Crippen LogP contribution in [0.2, 0.25) is 10.0 Å². The topological polar surface area (TPSA) is 118 Å².